The van der Waals surface area contributed by atoms with Gasteiger partial charge in [0.1, 0.15) is 41.3 Å². The Morgan fingerprint density at radius 1 is 1.11 bits per heavy atom. The van der Waals surface area contributed by atoms with Gasteiger partial charge in [0.05, 0.1) is 23.8 Å². The van der Waals surface area contributed by atoms with E-state index >= 15 is 0 Å². The van der Waals surface area contributed by atoms with Crippen molar-refractivity contribution in [2.75, 3.05) is 25.0 Å². The Kier molecular flexibility index (Phi) is 18.3. The fourth-order valence-electron chi connectivity index (χ4n) is 5.36. The number of terminal acetylenes is 1. The van der Waals surface area contributed by atoms with Gasteiger partial charge in [-0.05, 0) is 103 Å². The molecule has 1 aliphatic rings. The lowest BCUT2D eigenvalue weighted by Crippen LogP contribution is -2.46. The zero-order valence-corrected chi connectivity index (χ0v) is 33.8. The van der Waals surface area contributed by atoms with Gasteiger partial charge in [0.2, 0.25) is 0 Å². The summed E-state index contributed by atoms with van der Waals surface area (Å²) in [5, 5.41) is 9.49. The second-order valence-electron chi connectivity index (χ2n) is 13.5. The van der Waals surface area contributed by atoms with Crippen molar-refractivity contribution in [1.29, 1.82) is 0 Å². The lowest BCUT2D eigenvalue weighted by molar-refractivity contribution is 0.00958. The van der Waals surface area contributed by atoms with Gasteiger partial charge < -0.3 is 24.4 Å². The molecule has 0 saturated heterocycles. The summed E-state index contributed by atoms with van der Waals surface area (Å²) in [5.74, 6) is 3.36. The molecule has 4 rings (SSSR count). The Morgan fingerprint density at radius 3 is 2.45 bits per heavy atom. The molecule has 0 bridgehead atoms. The van der Waals surface area contributed by atoms with Gasteiger partial charge in [0.25, 0.3) is 0 Å². The summed E-state index contributed by atoms with van der Waals surface area (Å²) in [6, 6.07) is 7.63. The van der Waals surface area contributed by atoms with Crippen molar-refractivity contribution in [2.45, 2.75) is 113 Å². The number of carbonyl (C=O) groups excluding carboxylic acids is 1. The molecule has 1 aliphatic heterocycles. The average molecular weight is 728 g/mol. The van der Waals surface area contributed by atoms with Gasteiger partial charge in [0, 0.05) is 30.7 Å². The number of pyridine rings is 1. The standard InChI is InChI=1S/C38H53N7O4.C2H6.C2H2/c1-10-26(4)14-13-19-45(37(46)49-38(7,8)9)30(11-2)24-47-34-23-32-35(42-28(34)6)36(40-25-39-32)43-29-15-16-33(27(5)22-29)48-31-17-20-44(21-18-31)41-12-3;2*1-2/h12,15-18,20,22-23,25-26,30H,10-11,13-14,19,21,24H2,1-9H3,(H,39,40,43);1-2H3;1-2H/b41-12-;;. The van der Waals surface area contributed by atoms with Gasteiger partial charge in [-0.25, -0.2) is 19.7 Å². The Labute approximate surface area is 317 Å². The molecule has 2 atom stereocenters. The number of anilines is 2. The summed E-state index contributed by atoms with van der Waals surface area (Å²) in [4.78, 5) is 29.0. The molecule has 11 heteroatoms. The van der Waals surface area contributed by atoms with Crippen molar-refractivity contribution in [1.82, 2.24) is 24.9 Å². The first-order valence-electron chi connectivity index (χ1n) is 18.7. The van der Waals surface area contributed by atoms with Crippen molar-refractivity contribution in [3.05, 3.63) is 66.0 Å². The molecule has 3 heterocycles. The number of hydrogen-bond donors (Lipinski definition) is 1. The molecule has 0 aliphatic carbocycles. The number of benzene rings is 1. The fourth-order valence-corrected chi connectivity index (χ4v) is 5.36. The van der Waals surface area contributed by atoms with E-state index in [4.69, 9.17) is 19.2 Å². The third-order valence-corrected chi connectivity index (χ3v) is 8.34. The molecule has 0 saturated carbocycles. The number of ether oxygens (including phenoxy) is 3. The minimum atomic E-state index is -0.582. The molecule has 11 nitrogen and oxygen atoms in total. The number of hydrogen-bond acceptors (Lipinski definition) is 10. The lowest BCUT2D eigenvalue weighted by atomic mass is 10.0. The summed E-state index contributed by atoms with van der Waals surface area (Å²) in [5.41, 5.74) is 3.23. The molecule has 2 unspecified atom stereocenters. The first kappa shape index (κ1) is 44.1. The third kappa shape index (κ3) is 13.8. The summed E-state index contributed by atoms with van der Waals surface area (Å²) in [6.07, 6.45) is 20.6. The highest BCUT2D eigenvalue weighted by Gasteiger charge is 2.28. The zero-order chi connectivity index (χ0) is 39.6. The van der Waals surface area contributed by atoms with Crippen LogP contribution in [0, 0.1) is 32.6 Å². The Hall–Kier alpha value is -5.11. The smallest absolute Gasteiger partial charge is 0.410 e. The number of amides is 1. The first-order valence-corrected chi connectivity index (χ1v) is 18.7. The van der Waals surface area contributed by atoms with Gasteiger partial charge in [-0.2, -0.15) is 5.10 Å². The largest absolute Gasteiger partial charge is 0.489 e. The van der Waals surface area contributed by atoms with E-state index in [9.17, 15) is 4.79 Å². The molecule has 1 N–H and O–H groups in total. The molecule has 1 amide bonds. The SMILES string of the molecule is C#C.C/C=N\N1C=CC(Oc2ccc(Nc3ncnc4cc(OCC(CC)N(CCCC(C)CC)C(=O)OC(C)(C)C)c(C)nc34)cc2C)=CC1.CC. The normalized spacial score (nSPS) is 13.5. The lowest BCUT2D eigenvalue weighted by Gasteiger charge is -2.33. The van der Waals surface area contributed by atoms with Gasteiger partial charge in [0.15, 0.2) is 5.82 Å². The van der Waals surface area contributed by atoms with E-state index < -0.39 is 5.60 Å². The number of nitrogens with one attached hydrogen (secondary N) is 1. The van der Waals surface area contributed by atoms with Crippen molar-refractivity contribution in [3.63, 3.8) is 0 Å². The van der Waals surface area contributed by atoms with E-state index in [0.29, 0.717) is 53.9 Å². The Bertz CT molecular complexity index is 1710. The maximum absolute atomic E-state index is 13.3. The van der Waals surface area contributed by atoms with Gasteiger partial charge in [-0.3, -0.25) is 5.01 Å². The monoisotopic (exact) mass is 727 g/mol. The highest BCUT2D eigenvalue weighted by molar-refractivity contribution is 5.88. The number of rotatable bonds is 15. The molecule has 0 fully saturated rings. The Morgan fingerprint density at radius 2 is 1.85 bits per heavy atom. The minimum absolute atomic E-state index is 0.157. The number of allylic oxidation sites excluding steroid dienone is 1. The van der Waals surface area contributed by atoms with Crippen LogP contribution in [-0.4, -0.2) is 68.5 Å². The quantitative estimate of drug-likeness (QED) is 0.121. The van der Waals surface area contributed by atoms with Crippen LogP contribution in [0.1, 0.15) is 99.3 Å². The first-order chi connectivity index (χ1) is 25.4. The molecular weight excluding hydrogens is 667 g/mol. The third-order valence-electron chi connectivity index (χ3n) is 8.34. The van der Waals surface area contributed by atoms with Crippen molar-refractivity contribution >= 4 is 34.8 Å². The highest BCUT2D eigenvalue weighted by Crippen LogP contribution is 2.30. The van der Waals surface area contributed by atoms with Crippen LogP contribution in [0.5, 0.6) is 11.5 Å². The van der Waals surface area contributed by atoms with Crippen LogP contribution in [0.2, 0.25) is 0 Å². The second-order valence-corrected chi connectivity index (χ2v) is 13.5. The predicted octanol–water partition coefficient (Wildman–Crippen LogP) is 9.98. The number of nitrogens with zero attached hydrogens (tertiary/aromatic N) is 6. The van der Waals surface area contributed by atoms with E-state index in [0.717, 1.165) is 48.4 Å². The van der Waals surface area contributed by atoms with Crippen LogP contribution < -0.4 is 14.8 Å². The predicted molar refractivity (Wildman–Crippen MR) is 218 cm³/mol. The molecule has 53 heavy (non-hydrogen) atoms. The maximum atomic E-state index is 13.3. The van der Waals surface area contributed by atoms with Crippen LogP contribution in [0.25, 0.3) is 11.0 Å². The van der Waals surface area contributed by atoms with Crippen molar-refractivity contribution in [2.24, 2.45) is 11.0 Å². The van der Waals surface area contributed by atoms with Gasteiger partial charge in [-0.15, -0.1) is 12.8 Å². The molecule has 0 spiro atoms. The number of aryl methyl sites for hydroxylation is 2. The van der Waals surface area contributed by atoms with E-state index in [1.165, 1.54) is 6.33 Å². The van der Waals surface area contributed by atoms with E-state index in [2.05, 4.69) is 54.0 Å². The minimum Gasteiger partial charge on any atom is -0.489 e. The molecular formula is C42H61N7O4. The fraction of sp³-hybridized carbons (Fsp3) is 0.500. The van der Waals surface area contributed by atoms with Crippen molar-refractivity contribution < 1.29 is 19.0 Å². The van der Waals surface area contributed by atoms with Crippen LogP contribution in [0.3, 0.4) is 0 Å². The van der Waals surface area contributed by atoms with Crippen LogP contribution in [0.4, 0.5) is 16.3 Å². The van der Waals surface area contributed by atoms with E-state index in [1.807, 2.05) is 108 Å². The summed E-state index contributed by atoms with van der Waals surface area (Å²) in [6.45, 7) is 23.6. The van der Waals surface area contributed by atoms with Crippen LogP contribution in [-0.2, 0) is 4.74 Å². The second kappa shape index (κ2) is 22.1. The summed E-state index contributed by atoms with van der Waals surface area (Å²) in [7, 11) is 0. The number of hydrazone groups is 1. The molecule has 1 aromatic carbocycles. The van der Waals surface area contributed by atoms with Crippen LogP contribution in [0.15, 0.2) is 59.8 Å². The highest BCUT2D eigenvalue weighted by atomic mass is 16.6. The van der Waals surface area contributed by atoms with Gasteiger partial charge >= 0.3 is 6.09 Å². The maximum Gasteiger partial charge on any atom is 0.410 e. The number of carbonyl (C=O) groups is 1. The molecule has 3 aromatic rings. The number of fused-ring (bicyclic) bond motifs is 1. The van der Waals surface area contributed by atoms with Crippen LogP contribution >= 0.6 is 0 Å². The average Bonchev–Trinajstić information content (AvgIpc) is 3.14. The molecule has 0 radical (unpaired) electrons. The zero-order valence-electron chi connectivity index (χ0n) is 33.8. The topological polar surface area (TPSA) is 114 Å². The summed E-state index contributed by atoms with van der Waals surface area (Å²) < 4.78 is 18.3. The van der Waals surface area contributed by atoms with E-state index in [1.54, 1.807) is 6.21 Å². The summed E-state index contributed by atoms with van der Waals surface area (Å²) >= 11 is 0. The van der Waals surface area contributed by atoms with Gasteiger partial charge in [-0.1, -0.05) is 41.0 Å². The molecule has 2 aromatic heterocycles. The Balaban J connectivity index is 0.00000235. The molecule has 288 valence electrons. The number of aromatic nitrogens is 3. The van der Waals surface area contributed by atoms with E-state index in [-0.39, 0.29) is 12.1 Å². The van der Waals surface area contributed by atoms with Crippen molar-refractivity contribution in [3.8, 4) is 24.3 Å².